The van der Waals surface area contributed by atoms with E-state index in [4.69, 9.17) is 19.4 Å². The Hall–Kier alpha value is -3.64. The van der Waals surface area contributed by atoms with E-state index in [9.17, 15) is 4.79 Å². The lowest BCUT2D eigenvalue weighted by Crippen LogP contribution is -2.59. The molecule has 11 nitrogen and oxygen atoms in total. The third kappa shape index (κ3) is 5.65. The number of anilines is 1. The van der Waals surface area contributed by atoms with Crippen molar-refractivity contribution in [2.45, 2.75) is 102 Å². The van der Waals surface area contributed by atoms with Crippen LogP contribution in [0.3, 0.4) is 0 Å². The van der Waals surface area contributed by atoms with Gasteiger partial charge in [-0.25, -0.2) is 19.4 Å². The minimum Gasteiger partial charge on any atom is -0.444 e. The van der Waals surface area contributed by atoms with Crippen LogP contribution < -0.4 is 4.90 Å². The summed E-state index contributed by atoms with van der Waals surface area (Å²) >= 11 is 1.59. The summed E-state index contributed by atoms with van der Waals surface area (Å²) in [6, 6.07) is 4.71. The summed E-state index contributed by atoms with van der Waals surface area (Å²) in [4.78, 5) is 26.6. The normalized spacial score (nSPS) is 24.0. The van der Waals surface area contributed by atoms with Crippen LogP contribution in [-0.2, 0) is 9.47 Å². The molecule has 2 unspecified atom stereocenters. The largest absolute Gasteiger partial charge is 0.444 e. The quantitative estimate of drug-likeness (QED) is 0.249. The first kappa shape index (κ1) is 29.1. The van der Waals surface area contributed by atoms with Crippen molar-refractivity contribution in [3.8, 4) is 22.4 Å². The molecule has 44 heavy (non-hydrogen) atoms. The van der Waals surface area contributed by atoms with Gasteiger partial charge >= 0.3 is 6.09 Å². The van der Waals surface area contributed by atoms with Gasteiger partial charge in [0.25, 0.3) is 0 Å². The lowest BCUT2D eigenvalue weighted by atomic mass is 9.81. The summed E-state index contributed by atoms with van der Waals surface area (Å²) in [5, 5.41) is 13.8. The Morgan fingerprint density at radius 2 is 1.82 bits per heavy atom. The van der Waals surface area contributed by atoms with E-state index in [0.717, 1.165) is 84.9 Å². The Bertz CT molecular complexity index is 1610. The van der Waals surface area contributed by atoms with E-state index < -0.39 is 5.60 Å². The second-order valence-corrected chi connectivity index (χ2v) is 14.1. The summed E-state index contributed by atoms with van der Waals surface area (Å²) in [5.41, 5.74) is 6.02. The maximum absolute atomic E-state index is 13.0. The van der Waals surface area contributed by atoms with Gasteiger partial charge in [0.05, 0.1) is 28.1 Å². The Morgan fingerprint density at radius 3 is 2.52 bits per heavy atom. The molecule has 3 aliphatic rings. The minimum atomic E-state index is -0.501. The molecule has 4 atom stereocenters. The summed E-state index contributed by atoms with van der Waals surface area (Å²) < 4.78 is 14.7. The van der Waals surface area contributed by atoms with Crippen molar-refractivity contribution in [2.24, 2.45) is 0 Å². The molecule has 3 aliphatic heterocycles. The van der Waals surface area contributed by atoms with Crippen LogP contribution in [0, 0.1) is 0 Å². The van der Waals surface area contributed by atoms with Crippen LogP contribution in [0.1, 0.15) is 78.4 Å². The number of ether oxygens (including phenoxy) is 2. The average Bonchev–Trinajstić information content (AvgIpc) is 3.70. The number of piperidine rings is 2. The van der Waals surface area contributed by atoms with E-state index in [2.05, 4.69) is 38.5 Å². The molecule has 0 spiro atoms. The molecule has 1 aromatic carbocycles. The molecule has 0 radical (unpaired) electrons. The Morgan fingerprint density at radius 1 is 1.02 bits per heavy atom. The molecular weight excluding hydrogens is 576 g/mol. The van der Waals surface area contributed by atoms with Gasteiger partial charge in [0.1, 0.15) is 17.5 Å². The van der Waals surface area contributed by atoms with Crippen LogP contribution in [0.25, 0.3) is 32.6 Å². The number of nitrogens with zero attached hydrogens (tertiary/aromatic N) is 8. The number of fused-ring (bicyclic) bond motifs is 3. The van der Waals surface area contributed by atoms with E-state index in [0.29, 0.717) is 11.6 Å². The second kappa shape index (κ2) is 11.7. The van der Waals surface area contributed by atoms with Crippen LogP contribution in [0.4, 0.5) is 10.7 Å². The van der Waals surface area contributed by atoms with Gasteiger partial charge < -0.3 is 19.3 Å². The Kier molecular flexibility index (Phi) is 7.74. The number of carbonyl (C=O) groups excluding carboxylic acids is 1. The zero-order valence-corrected chi connectivity index (χ0v) is 26.7. The number of amides is 1. The van der Waals surface area contributed by atoms with Gasteiger partial charge in [-0.05, 0) is 72.1 Å². The molecule has 7 rings (SSSR count). The minimum absolute atomic E-state index is 0.00202. The molecule has 232 valence electrons. The summed E-state index contributed by atoms with van der Waals surface area (Å²) in [5.74, 6) is 0.594. The number of carbonyl (C=O) groups is 1. The van der Waals surface area contributed by atoms with Crippen molar-refractivity contribution in [1.29, 1.82) is 0 Å². The maximum atomic E-state index is 13.0. The molecule has 0 N–H and O–H groups in total. The first-order chi connectivity index (χ1) is 21.2. The fourth-order valence-corrected chi connectivity index (χ4v) is 7.79. The van der Waals surface area contributed by atoms with Crippen LogP contribution in [0.5, 0.6) is 0 Å². The predicted octanol–water partition coefficient (Wildman–Crippen LogP) is 6.47. The van der Waals surface area contributed by atoms with Gasteiger partial charge in [0.15, 0.2) is 0 Å². The molecule has 6 heterocycles. The molecule has 3 fully saturated rings. The smallest absolute Gasteiger partial charge is 0.410 e. The number of aromatic nitrogens is 6. The SMILES string of the molecule is CN(c1ncc(-c2ccc(-c3cnn(C4CCCCO4)c3)c3ncsc23)nn1)C1C[C@H]2CCC[C@@H](C1)N2C(=O)OC(C)(C)C. The molecule has 3 aromatic heterocycles. The first-order valence-electron chi connectivity index (χ1n) is 15.7. The highest BCUT2D eigenvalue weighted by atomic mass is 32.1. The standard InChI is InChI=1S/C32H40N8O3S/c1-32(2,3)43-31(41)40-21-8-7-9-22(40)15-23(14-21)38(4)30-33-17-26(36-37-30)25-12-11-24(28-29(25)44-19-34-28)20-16-35-39(18-20)27-10-5-6-13-42-27/h11-12,16-19,21-23,27H,5-10,13-15H2,1-4H3/t21-,22+,23?,27?. The van der Waals surface area contributed by atoms with Crippen molar-refractivity contribution in [1.82, 2.24) is 34.8 Å². The summed E-state index contributed by atoms with van der Waals surface area (Å²) in [6.45, 7) is 6.55. The number of thiazole rings is 1. The van der Waals surface area contributed by atoms with Gasteiger partial charge in [-0.1, -0.05) is 12.1 Å². The van der Waals surface area contributed by atoms with E-state index in [1.807, 2.05) is 55.3 Å². The second-order valence-electron chi connectivity index (χ2n) is 13.2. The van der Waals surface area contributed by atoms with Gasteiger partial charge in [-0.15, -0.1) is 21.5 Å². The molecule has 12 heteroatoms. The number of hydrogen-bond acceptors (Lipinski definition) is 10. The fourth-order valence-electron chi connectivity index (χ4n) is 6.95. The fraction of sp³-hybridized carbons (Fsp3) is 0.562. The molecular formula is C32H40N8O3S. The number of benzene rings is 1. The average molecular weight is 617 g/mol. The van der Waals surface area contributed by atoms with E-state index in [1.165, 1.54) is 0 Å². The highest BCUT2D eigenvalue weighted by Gasteiger charge is 2.44. The number of rotatable bonds is 5. The van der Waals surface area contributed by atoms with Crippen molar-refractivity contribution >= 4 is 33.6 Å². The first-order valence-corrected chi connectivity index (χ1v) is 16.6. The van der Waals surface area contributed by atoms with Crippen molar-refractivity contribution in [3.05, 3.63) is 36.2 Å². The lowest BCUT2D eigenvalue weighted by Gasteiger charge is -2.50. The zero-order valence-electron chi connectivity index (χ0n) is 25.8. The van der Waals surface area contributed by atoms with Gasteiger partial charge in [-0.2, -0.15) is 5.10 Å². The highest BCUT2D eigenvalue weighted by Crippen LogP contribution is 2.39. The Labute approximate surface area is 261 Å². The van der Waals surface area contributed by atoms with Gasteiger partial charge in [0.2, 0.25) is 5.95 Å². The topological polar surface area (TPSA) is 111 Å². The van der Waals surface area contributed by atoms with Crippen LogP contribution in [0.2, 0.25) is 0 Å². The van der Waals surface area contributed by atoms with E-state index in [1.54, 1.807) is 11.3 Å². The van der Waals surface area contributed by atoms with Crippen LogP contribution >= 0.6 is 11.3 Å². The summed E-state index contributed by atoms with van der Waals surface area (Å²) in [6.07, 6.45) is 13.7. The molecule has 2 bridgehead atoms. The molecule has 3 saturated heterocycles. The molecule has 0 aliphatic carbocycles. The Balaban J connectivity index is 1.08. The van der Waals surface area contributed by atoms with Crippen molar-refractivity contribution < 1.29 is 14.3 Å². The highest BCUT2D eigenvalue weighted by molar-refractivity contribution is 7.17. The predicted molar refractivity (Wildman–Crippen MR) is 169 cm³/mol. The van der Waals surface area contributed by atoms with Crippen LogP contribution in [-0.4, -0.2) is 78.3 Å². The van der Waals surface area contributed by atoms with E-state index in [-0.39, 0.29) is 30.4 Å². The van der Waals surface area contributed by atoms with E-state index >= 15 is 0 Å². The molecule has 1 amide bonds. The third-order valence-electron chi connectivity index (χ3n) is 9.09. The number of hydrogen-bond donors (Lipinski definition) is 0. The zero-order chi connectivity index (χ0) is 30.4. The van der Waals surface area contributed by atoms with Gasteiger partial charge in [0, 0.05) is 54.7 Å². The maximum Gasteiger partial charge on any atom is 0.410 e. The lowest BCUT2D eigenvalue weighted by molar-refractivity contribution is -0.0394. The monoisotopic (exact) mass is 616 g/mol. The molecule has 0 saturated carbocycles. The molecule has 4 aromatic rings. The summed E-state index contributed by atoms with van der Waals surface area (Å²) in [7, 11) is 2.04. The van der Waals surface area contributed by atoms with Gasteiger partial charge in [-0.3, -0.25) is 0 Å². The van der Waals surface area contributed by atoms with Crippen molar-refractivity contribution in [3.63, 3.8) is 0 Å². The van der Waals surface area contributed by atoms with Crippen molar-refractivity contribution in [2.75, 3.05) is 18.6 Å². The van der Waals surface area contributed by atoms with Crippen LogP contribution in [0.15, 0.2) is 36.2 Å². The third-order valence-corrected chi connectivity index (χ3v) is 9.95.